The van der Waals surface area contributed by atoms with Crippen LogP contribution < -0.4 is 0 Å². The van der Waals surface area contributed by atoms with Crippen molar-refractivity contribution in [3.63, 3.8) is 0 Å². The van der Waals surface area contributed by atoms with E-state index in [0.29, 0.717) is 11.1 Å². The monoisotopic (exact) mass is 288 g/mol. The third-order valence-corrected chi connectivity index (χ3v) is 3.49. The molecule has 2 aromatic carbocycles. The molecule has 21 heavy (non-hydrogen) atoms. The zero-order valence-corrected chi connectivity index (χ0v) is 10.7. The van der Waals surface area contributed by atoms with Crippen molar-refractivity contribution in [3.8, 4) is 0 Å². The van der Waals surface area contributed by atoms with Crippen LogP contribution >= 0.6 is 0 Å². The lowest BCUT2D eigenvalue weighted by Gasteiger charge is -2.10. The fourth-order valence-electron chi connectivity index (χ4n) is 2.52. The van der Waals surface area contributed by atoms with Crippen molar-refractivity contribution >= 4 is 11.5 Å². The van der Waals surface area contributed by atoms with Crippen LogP contribution in [0.25, 0.3) is 5.57 Å². The summed E-state index contributed by atoms with van der Waals surface area (Å²) in [5.74, 6) is -3.48. The molecule has 3 nitrogen and oxygen atoms in total. The first kappa shape index (κ1) is 13.5. The molecular weight excluding hydrogens is 278 g/mol. The molecule has 106 valence electrons. The van der Waals surface area contributed by atoms with Crippen LogP contribution in [0.15, 0.2) is 42.5 Å². The molecule has 0 saturated heterocycles. The Bertz CT molecular complexity index is 781. The summed E-state index contributed by atoms with van der Waals surface area (Å²) >= 11 is 0. The first-order valence-electron chi connectivity index (χ1n) is 6.21. The number of aliphatic hydroxyl groups excluding tert-OH is 1. The van der Waals surface area contributed by atoms with Gasteiger partial charge in [0.2, 0.25) is 0 Å². The van der Waals surface area contributed by atoms with Gasteiger partial charge in [-0.15, -0.1) is 0 Å². The Morgan fingerprint density at radius 2 is 1.81 bits per heavy atom. The normalized spacial score (nSPS) is 16.5. The maximum absolute atomic E-state index is 14.3. The Morgan fingerprint density at radius 3 is 2.52 bits per heavy atom. The van der Waals surface area contributed by atoms with Crippen LogP contribution in [-0.2, 0) is 0 Å². The van der Waals surface area contributed by atoms with Crippen molar-refractivity contribution < 1.29 is 23.8 Å². The largest absolute Gasteiger partial charge is 0.478 e. The van der Waals surface area contributed by atoms with E-state index in [1.54, 1.807) is 24.3 Å². The van der Waals surface area contributed by atoms with E-state index >= 15 is 0 Å². The number of carboxylic acid groups (broad SMARTS) is 1. The summed E-state index contributed by atoms with van der Waals surface area (Å²) in [6, 6.07) is 8.47. The van der Waals surface area contributed by atoms with Crippen molar-refractivity contribution in [3.05, 3.63) is 76.4 Å². The standard InChI is InChI=1S/C16H10F2O3/c17-12-6-5-10(16(20)21)15(18)14(12)11-7-13(19)9-4-2-1-3-8(9)11/h1-7,13,19H,(H,20,21). The molecule has 1 unspecified atom stereocenters. The van der Waals surface area contributed by atoms with E-state index in [9.17, 15) is 18.7 Å². The molecule has 0 saturated carbocycles. The second kappa shape index (κ2) is 4.79. The molecule has 1 aliphatic rings. The number of fused-ring (bicyclic) bond motifs is 1. The first-order chi connectivity index (χ1) is 10.0. The van der Waals surface area contributed by atoms with E-state index in [4.69, 9.17) is 5.11 Å². The van der Waals surface area contributed by atoms with E-state index in [-0.39, 0.29) is 5.57 Å². The van der Waals surface area contributed by atoms with Gasteiger partial charge in [-0.2, -0.15) is 0 Å². The lowest BCUT2D eigenvalue weighted by atomic mass is 9.96. The molecule has 0 radical (unpaired) electrons. The van der Waals surface area contributed by atoms with Crippen LogP contribution in [0.5, 0.6) is 0 Å². The lowest BCUT2D eigenvalue weighted by Crippen LogP contribution is -2.06. The number of carbonyl (C=O) groups is 1. The molecule has 3 rings (SSSR count). The molecule has 5 heteroatoms. The van der Waals surface area contributed by atoms with Gasteiger partial charge in [0.25, 0.3) is 0 Å². The van der Waals surface area contributed by atoms with Crippen LogP contribution in [0.4, 0.5) is 8.78 Å². The second-order valence-electron chi connectivity index (χ2n) is 4.70. The van der Waals surface area contributed by atoms with E-state index in [2.05, 4.69) is 0 Å². The first-order valence-corrected chi connectivity index (χ1v) is 6.21. The quantitative estimate of drug-likeness (QED) is 0.892. The summed E-state index contributed by atoms with van der Waals surface area (Å²) in [6.07, 6.45) is 0.348. The highest BCUT2D eigenvalue weighted by molar-refractivity contribution is 5.92. The summed E-state index contributed by atoms with van der Waals surface area (Å²) in [5.41, 5.74) is 0.152. The second-order valence-corrected chi connectivity index (χ2v) is 4.70. The Morgan fingerprint density at radius 1 is 1.10 bits per heavy atom. The van der Waals surface area contributed by atoms with Crippen molar-refractivity contribution in [1.82, 2.24) is 0 Å². The molecule has 0 aromatic heterocycles. The number of hydrogen-bond donors (Lipinski definition) is 2. The topological polar surface area (TPSA) is 57.5 Å². The number of carboxylic acids is 1. The molecule has 0 aliphatic heterocycles. The molecule has 2 aromatic rings. The van der Waals surface area contributed by atoms with Gasteiger partial charge in [-0.1, -0.05) is 24.3 Å². The minimum Gasteiger partial charge on any atom is -0.478 e. The number of benzene rings is 2. The number of aromatic carboxylic acids is 1. The van der Waals surface area contributed by atoms with Gasteiger partial charge in [0.15, 0.2) is 0 Å². The SMILES string of the molecule is O=C(O)c1ccc(F)c(C2=CC(O)c3ccccc32)c1F. The van der Waals surface area contributed by atoms with Crippen molar-refractivity contribution in [2.24, 2.45) is 0 Å². The third kappa shape index (κ3) is 2.02. The number of rotatable bonds is 2. The zero-order valence-electron chi connectivity index (χ0n) is 10.7. The summed E-state index contributed by atoms with van der Waals surface area (Å²) in [6.45, 7) is 0. The van der Waals surface area contributed by atoms with Gasteiger partial charge in [-0.05, 0) is 34.9 Å². The van der Waals surface area contributed by atoms with Gasteiger partial charge in [0.05, 0.1) is 17.2 Å². The van der Waals surface area contributed by atoms with Crippen LogP contribution in [-0.4, -0.2) is 16.2 Å². The Kier molecular flexibility index (Phi) is 3.07. The smallest absolute Gasteiger partial charge is 0.338 e. The predicted molar refractivity (Wildman–Crippen MR) is 71.8 cm³/mol. The van der Waals surface area contributed by atoms with Gasteiger partial charge >= 0.3 is 5.97 Å². The lowest BCUT2D eigenvalue weighted by molar-refractivity contribution is 0.0691. The molecule has 0 spiro atoms. The van der Waals surface area contributed by atoms with Crippen molar-refractivity contribution in [1.29, 1.82) is 0 Å². The average Bonchev–Trinajstić information content (AvgIpc) is 2.76. The van der Waals surface area contributed by atoms with Gasteiger partial charge in [0.1, 0.15) is 11.6 Å². The van der Waals surface area contributed by atoms with Gasteiger partial charge in [-0.25, -0.2) is 13.6 Å². The van der Waals surface area contributed by atoms with E-state index in [1.165, 1.54) is 6.08 Å². The molecule has 0 bridgehead atoms. The van der Waals surface area contributed by atoms with Crippen LogP contribution in [0.2, 0.25) is 0 Å². The van der Waals surface area contributed by atoms with E-state index in [1.807, 2.05) is 0 Å². The summed E-state index contributed by atoms with van der Waals surface area (Å²) in [7, 11) is 0. The van der Waals surface area contributed by atoms with E-state index in [0.717, 1.165) is 12.1 Å². The van der Waals surface area contributed by atoms with Gasteiger partial charge in [0, 0.05) is 0 Å². The highest BCUT2D eigenvalue weighted by atomic mass is 19.1. The fourth-order valence-corrected chi connectivity index (χ4v) is 2.52. The highest BCUT2D eigenvalue weighted by Crippen LogP contribution is 2.40. The van der Waals surface area contributed by atoms with Gasteiger partial charge < -0.3 is 10.2 Å². The van der Waals surface area contributed by atoms with Gasteiger partial charge in [-0.3, -0.25) is 0 Å². The summed E-state index contributed by atoms with van der Waals surface area (Å²) in [4.78, 5) is 11.0. The molecule has 2 N–H and O–H groups in total. The molecule has 0 heterocycles. The van der Waals surface area contributed by atoms with Crippen LogP contribution in [0.1, 0.15) is 33.2 Å². The minimum atomic E-state index is -1.47. The molecular formula is C16H10F2O3. The average molecular weight is 288 g/mol. The fraction of sp³-hybridized carbons (Fsp3) is 0.0625. The van der Waals surface area contributed by atoms with E-state index < -0.39 is 34.8 Å². The number of hydrogen-bond acceptors (Lipinski definition) is 2. The molecule has 1 atom stereocenters. The Balaban J connectivity index is 2.25. The Hall–Kier alpha value is -2.53. The third-order valence-electron chi connectivity index (χ3n) is 3.49. The molecule has 1 aliphatic carbocycles. The number of aliphatic hydroxyl groups is 1. The highest BCUT2D eigenvalue weighted by Gasteiger charge is 2.28. The van der Waals surface area contributed by atoms with Crippen molar-refractivity contribution in [2.45, 2.75) is 6.10 Å². The molecule has 0 fully saturated rings. The number of halogens is 2. The Labute approximate surface area is 118 Å². The van der Waals surface area contributed by atoms with Crippen LogP contribution in [0.3, 0.4) is 0 Å². The summed E-state index contributed by atoms with van der Waals surface area (Å²) in [5, 5.41) is 18.9. The van der Waals surface area contributed by atoms with Crippen LogP contribution in [0, 0.1) is 11.6 Å². The minimum absolute atomic E-state index is 0.163. The van der Waals surface area contributed by atoms with Crippen molar-refractivity contribution in [2.75, 3.05) is 0 Å². The zero-order chi connectivity index (χ0) is 15.1. The summed E-state index contributed by atoms with van der Waals surface area (Å²) < 4.78 is 28.3. The maximum Gasteiger partial charge on any atom is 0.338 e. The molecule has 0 amide bonds. The maximum atomic E-state index is 14.3. The predicted octanol–water partition coefficient (Wildman–Crippen LogP) is 3.14.